The second kappa shape index (κ2) is 12.0. The summed E-state index contributed by atoms with van der Waals surface area (Å²) in [6.45, 7) is 6.11. The number of aromatic nitrogens is 1. The number of phenolic OH excluding ortho intramolecular Hbond substituents is 1. The predicted molar refractivity (Wildman–Crippen MR) is 142 cm³/mol. The van der Waals surface area contributed by atoms with E-state index in [0.717, 1.165) is 21.1 Å². The molecule has 0 unspecified atom stereocenters. The van der Waals surface area contributed by atoms with Gasteiger partial charge in [-0.15, -0.1) is 11.3 Å². The molecular formula is C26H26BrN3O5S. The highest BCUT2D eigenvalue weighted by atomic mass is 79.9. The first-order valence-electron chi connectivity index (χ1n) is 11.0. The molecule has 1 heterocycles. The summed E-state index contributed by atoms with van der Waals surface area (Å²) in [4.78, 5) is 43.3. The minimum atomic E-state index is -0.692. The number of phenols is 1. The number of nitrogens with zero attached hydrogens (tertiary/aromatic N) is 1. The van der Waals surface area contributed by atoms with Gasteiger partial charge in [0.05, 0.1) is 28.3 Å². The normalized spacial score (nSPS) is 11.3. The van der Waals surface area contributed by atoms with Gasteiger partial charge in [-0.05, 0) is 70.7 Å². The van der Waals surface area contributed by atoms with Crippen LogP contribution in [-0.4, -0.2) is 35.0 Å². The summed E-state index contributed by atoms with van der Waals surface area (Å²) in [5.41, 5.74) is 2.13. The van der Waals surface area contributed by atoms with Crippen molar-refractivity contribution in [2.75, 3.05) is 7.11 Å². The molecule has 0 aliphatic heterocycles. The first-order chi connectivity index (χ1) is 17.1. The van der Waals surface area contributed by atoms with E-state index in [1.807, 2.05) is 20.8 Å². The van der Waals surface area contributed by atoms with Crippen molar-refractivity contribution >= 4 is 51.1 Å². The Hall–Kier alpha value is -3.50. The maximum Gasteiger partial charge on any atom is 0.354 e. The van der Waals surface area contributed by atoms with E-state index in [0.29, 0.717) is 10.0 Å². The Balaban J connectivity index is 1.77. The second-order valence-corrected chi connectivity index (χ2v) is 10.3. The first kappa shape index (κ1) is 27.1. The number of amides is 2. The van der Waals surface area contributed by atoms with Crippen LogP contribution in [0.25, 0.3) is 6.08 Å². The summed E-state index contributed by atoms with van der Waals surface area (Å²) in [5.74, 6) is -1.33. The number of thiazole rings is 1. The lowest BCUT2D eigenvalue weighted by Gasteiger charge is -2.11. The number of hydrogen-bond acceptors (Lipinski definition) is 7. The standard InChI is InChI=1S/C26H26BrN3O5S/c1-14(2)23-22(36-15(3)29-23)12-21(26(34)35-4)30-25(33)19-9-8-17(11-20(19)27)24(32)28-13-16-6-5-7-18(31)10-16/h5-12,14,31H,13H2,1-4H3,(H,28,32)(H,30,33). The third-order valence-electron chi connectivity index (χ3n) is 5.10. The third kappa shape index (κ3) is 6.79. The average Bonchev–Trinajstić information content (AvgIpc) is 3.21. The number of hydrogen-bond donors (Lipinski definition) is 3. The van der Waals surface area contributed by atoms with Crippen molar-refractivity contribution in [1.29, 1.82) is 0 Å². The van der Waals surface area contributed by atoms with Crippen molar-refractivity contribution in [3.63, 3.8) is 0 Å². The van der Waals surface area contributed by atoms with Crippen molar-refractivity contribution in [2.45, 2.75) is 33.2 Å². The summed E-state index contributed by atoms with van der Waals surface area (Å²) in [7, 11) is 1.24. The summed E-state index contributed by atoms with van der Waals surface area (Å²) in [6, 6.07) is 11.1. The molecule has 36 heavy (non-hydrogen) atoms. The van der Waals surface area contributed by atoms with Crippen molar-refractivity contribution in [3.05, 3.63) is 84.9 Å². The van der Waals surface area contributed by atoms with Crippen LogP contribution in [0.5, 0.6) is 5.75 Å². The zero-order chi connectivity index (χ0) is 26.4. The number of aromatic hydroxyl groups is 1. The Morgan fingerprint density at radius 1 is 1.17 bits per heavy atom. The Morgan fingerprint density at radius 3 is 2.56 bits per heavy atom. The van der Waals surface area contributed by atoms with Crippen LogP contribution in [0.3, 0.4) is 0 Å². The van der Waals surface area contributed by atoms with Gasteiger partial charge in [0.15, 0.2) is 0 Å². The number of aryl methyl sites for hydroxylation is 1. The van der Waals surface area contributed by atoms with Gasteiger partial charge in [0.1, 0.15) is 11.4 Å². The van der Waals surface area contributed by atoms with E-state index in [1.165, 1.54) is 36.6 Å². The average molecular weight is 572 g/mol. The van der Waals surface area contributed by atoms with Crippen molar-refractivity contribution < 1.29 is 24.2 Å². The number of rotatable bonds is 8. The summed E-state index contributed by atoms with van der Waals surface area (Å²) in [5, 5.41) is 15.8. The van der Waals surface area contributed by atoms with E-state index in [1.54, 1.807) is 30.3 Å². The third-order valence-corrected chi connectivity index (χ3v) is 6.69. The molecule has 0 atom stereocenters. The van der Waals surface area contributed by atoms with E-state index in [9.17, 15) is 19.5 Å². The van der Waals surface area contributed by atoms with Gasteiger partial charge >= 0.3 is 5.97 Å². The Labute approximate surface area is 221 Å². The molecule has 188 valence electrons. The van der Waals surface area contributed by atoms with Gasteiger partial charge in [0.2, 0.25) is 0 Å². The highest BCUT2D eigenvalue weighted by Gasteiger charge is 2.20. The topological polar surface area (TPSA) is 118 Å². The number of benzene rings is 2. The lowest BCUT2D eigenvalue weighted by Crippen LogP contribution is -2.28. The molecule has 0 aliphatic rings. The first-order valence-corrected chi connectivity index (χ1v) is 12.6. The molecule has 2 amide bonds. The molecule has 0 spiro atoms. The molecule has 8 nitrogen and oxygen atoms in total. The summed E-state index contributed by atoms with van der Waals surface area (Å²) >= 11 is 4.77. The monoisotopic (exact) mass is 571 g/mol. The van der Waals surface area contributed by atoms with Gasteiger partial charge in [0, 0.05) is 16.6 Å². The fraction of sp³-hybridized carbons (Fsp3) is 0.231. The summed E-state index contributed by atoms with van der Waals surface area (Å²) in [6.07, 6.45) is 1.57. The quantitative estimate of drug-likeness (QED) is 0.261. The van der Waals surface area contributed by atoms with Crippen LogP contribution in [0, 0.1) is 6.92 Å². The number of carbonyl (C=O) groups is 3. The molecule has 0 bridgehead atoms. The smallest absolute Gasteiger partial charge is 0.354 e. The molecule has 3 N–H and O–H groups in total. The van der Waals surface area contributed by atoms with Crippen LogP contribution in [-0.2, 0) is 16.1 Å². The van der Waals surface area contributed by atoms with Crippen LogP contribution >= 0.6 is 27.3 Å². The lowest BCUT2D eigenvalue weighted by molar-refractivity contribution is -0.136. The molecule has 1 aromatic heterocycles. The van der Waals surface area contributed by atoms with E-state index < -0.39 is 11.9 Å². The molecule has 3 aromatic rings. The molecule has 0 saturated carbocycles. The Morgan fingerprint density at radius 2 is 1.92 bits per heavy atom. The zero-order valence-corrected chi connectivity index (χ0v) is 22.6. The minimum Gasteiger partial charge on any atom is -0.508 e. The van der Waals surface area contributed by atoms with Gasteiger partial charge in [-0.25, -0.2) is 9.78 Å². The second-order valence-electron chi connectivity index (χ2n) is 8.19. The van der Waals surface area contributed by atoms with E-state index in [2.05, 4.69) is 31.5 Å². The molecule has 0 aliphatic carbocycles. The minimum absolute atomic E-state index is 0.0205. The van der Waals surface area contributed by atoms with Gasteiger partial charge in [-0.3, -0.25) is 9.59 Å². The van der Waals surface area contributed by atoms with Crippen LogP contribution in [0.1, 0.15) is 61.6 Å². The predicted octanol–water partition coefficient (Wildman–Crippen LogP) is 4.92. The number of carbonyl (C=O) groups excluding carboxylic acids is 3. The molecule has 10 heteroatoms. The van der Waals surface area contributed by atoms with Gasteiger partial charge in [-0.1, -0.05) is 26.0 Å². The maximum absolute atomic E-state index is 13.0. The molecule has 0 radical (unpaired) electrons. The van der Waals surface area contributed by atoms with Crippen molar-refractivity contribution in [2.24, 2.45) is 0 Å². The summed E-state index contributed by atoms with van der Waals surface area (Å²) < 4.78 is 5.24. The molecule has 0 fully saturated rings. The largest absolute Gasteiger partial charge is 0.508 e. The molecule has 3 rings (SSSR count). The van der Waals surface area contributed by atoms with Gasteiger partial charge in [0.25, 0.3) is 11.8 Å². The van der Waals surface area contributed by atoms with Crippen LogP contribution in [0.2, 0.25) is 0 Å². The highest BCUT2D eigenvalue weighted by Crippen LogP contribution is 2.27. The van der Waals surface area contributed by atoms with Crippen LogP contribution < -0.4 is 10.6 Å². The van der Waals surface area contributed by atoms with Crippen molar-refractivity contribution in [3.8, 4) is 5.75 Å². The van der Waals surface area contributed by atoms with E-state index >= 15 is 0 Å². The number of esters is 1. The zero-order valence-electron chi connectivity index (χ0n) is 20.2. The fourth-order valence-corrected chi connectivity index (χ4v) is 4.93. The van der Waals surface area contributed by atoms with E-state index in [-0.39, 0.29) is 35.4 Å². The molecular weight excluding hydrogens is 546 g/mol. The molecule has 2 aromatic carbocycles. The van der Waals surface area contributed by atoms with Gasteiger partial charge in [-0.2, -0.15) is 0 Å². The number of ether oxygens (including phenoxy) is 1. The Kier molecular flexibility index (Phi) is 9.00. The number of methoxy groups -OCH3 is 1. The SMILES string of the molecule is COC(=O)C(=Cc1sc(C)nc1C(C)C)NC(=O)c1ccc(C(=O)NCc2cccc(O)c2)cc1Br. The van der Waals surface area contributed by atoms with Crippen molar-refractivity contribution in [1.82, 2.24) is 15.6 Å². The fourth-order valence-electron chi connectivity index (χ4n) is 3.34. The highest BCUT2D eigenvalue weighted by molar-refractivity contribution is 9.10. The van der Waals surface area contributed by atoms with E-state index in [4.69, 9.17) is 4.74 Å². The molecule has 0 saturated heterocycles. The maximum atomic E-state index is 13.0. The Bertz CT molecular complexity index is 1330. The number of nitrogens with one attached hydrogen (secondary N) is 2. The van der Waals surface area contributed by atoms with Crippen LogP contribution in [0.15, 0.2) is 52.6 Å². The number of halogens is 1. The van der Waals surface area contributed by atoms with Gasteiger partial charge < -0.3 is 20.5 Å². The lowest BCUT2D eigenvalue weighted by atomic mass is 10.1. The van der Waals surface area contributed by atoms with Crippen LogP contribution in [0.4, 0.5) is 0 Å².